The molecule has 5 nitrogen and oxygen atoms in total. The van der Waals surface area contributed by atoms with Gasteiger partial charge < -0.3 is 5.32 Å². The van der Waals surface area contributed by atoms with E-state index >= 15 is 0 Å². The van der Waals surface area contributed by atoms with Gasteiger partial charge >= 0.3 is 0 Å². The number of nitrogens with zero attached hydrogens (tertiary/aromatic N) is 1. The van der Waals surface area contributed by atoms with Gasteiger partial charge in [0.2, 0.25) is 0 Å². The number of rotatable bonds is 5. The average molecular weight is 352 g/mol. The van der Waals surface area contributed by atoms with Gasteiger partial charge in [-0.15, -0.1) is 0 Å². The van der Waals surface area contributed by atoms with Gasteiger partial charge in [0.1, 0.15) is 0 Å². The summed E-state index contributed by atoms with van der Waals surface area (Å²) < 4.78 is 0. The highest BCUT2D eigenvalue weighted by atomic mass is 16.6. The molecule has 0 saturated heterocycles. The lowest BCUT2D eigenvalue weighted by molar-refractivity contribution is -0.385. The molecule has 1 aliphatic rings. The predicted octanol–water partition coefficient (Wildman–Crippen LogP) is 4.66. The number of carbonyl (C=O) groups excluding carboxylic acids is 1. The van der Waals surface area contributed by atoms with E-state index in [1.54, 1.807) is 13.0 Å². The van der Waals surface area contributed by atoms with Crippen molar-refractivity contribution in [2.24, 2.45) is 0 Å². The Balaban J connectivity index is 1.78. The molecule has 0 fully saturated rings. The highest BCUT2D eigenvalue weighted by Crippen LogP contribution is 2.26. The van der Waals surface area contributed by atoms with E-state index in [2.05, 4.69) is 23.5 Å². The van der Waals surface area contributed by atoms with Crippen molar-refractivity contribution in [1.82, 2.24) is 5.32 Å². The van der Waals surface area contributed by atoms with Gasteiger partial charge in [0.05, 0.1) is 11.0 Å². The number of hydrogen-bond donors (Lipinski definition) is 1. The van der Waals surface area contributed by atoms with E-state index in [0.717, 1.165) is 24.8 Å². The maximum Gasteiger partial charge on any atom is 0.272 e. The molecule has 0 aromatic heterocycles. The van der Waals surface area contributed by atoms with E-state index in [4.69, 9.17) is 0 Å². The third kappa shape index (κ3) is 3.77. The minimum absolute atomic E-state index is 0.0308. The lowest BCUT2D eigenvalue weighted by atomic mass is 9.88. The van der Waals surface area contributed by atoms with Crippen molar-refractivity contribution in [3.05, 3.63) is 74.3 Å². The molecule has 1 amide bonds. The number of nitro benzene ring substituents is 1. The Morgan fingerprint density at radius 2 is 1.88 bits per heavy atom. The van der Waals surface area contributed by atoms with Gasteiger partial charge in [0, 0.05) is 17.2 Å². The van der Waals surface area contributed by atoms with Gasteiger partial charge in [0.15, 0.2) is 0 Å². The Morgan fingerprint density at radius 3 is 2.54 bits per heavy atom. The average Bonchev–Trinajstić information content (AvgIpc) is 2.65. The van der Waals surface area contributed by atoms with Crippen LogP contribution in [-0.4, -0.2) is 10.8 Å². The molecule has 0 radical (unpaired) electrons. The predicted molar refractivity (Wildman–Crippen MR) is 101 cm³/mol. The number of nitro groups is 1. The van der Waals surface area contributed by atoms with Crippen molar-refractivity contribution in [2.75, 3.05) is 0 Å². The monoisotopic (exact) mass is 352 g/mol. The molecule has 5 heteroatoms. The van der Waals surface area contributed by atoms with E-state index < -0.39 is 4.92 Å². The second-order valence-corrected chi connectivity index (χ2v) is 6.93. The van der Waals surface area contributed by atoms with Crippen molar-refractivity contribution in [3.63, 3.8) is 0 Å². The summed E-state index contributed by atoms with van der Waals surface area (Å²) in [5.74, 6) is -0.201. The number of benzene rings is 2. The van der Waals surface area contributed by atoms with Crippen LogP contribution in [0.1, 0.15) is 64.8 Å². The molecular formula is C21H24N2O3. The Labute approximate surface area is 153 Å². The van der Waals surface area contributed by atoms with Crippen LogP contribution in [-0.2, 0) is 12.8 Å². The number of carbonyl (C=O) groups is 1. The first kappa shape index (κ1) is 18.1. The van der Waals surface area contributed by atoms with Gasteiger partial charge in [-0.1, -0.05) is 25.1 Å². The van der Waals surface area contributed by atoms with Gasteiger partial charge in [-0.2, -0.15) is 0 Å². The maximum atomic E-state index is 12.6. The number of nitrogens with one attached hydrogen (secondary N) is 1. The second-order valence-electron chi connectivity index (χ2n) is 6.93. The normalized spacial score (nSPS) is 14.4. The van der Waals surface area contributed by atoms with E-state index in [0.29, 0.717) is 11.1 Å². The van der Waals surface area contributed by atoms with Crippen LogP contribution in [0.4, 0.5) is 5.69 Å². The van der Waals surface area contributed by atoms with Crippen molar-refractivity contribution in [1.29, 1.82) is 0 Å². The maximum absolute atomic E-state index is 12.6. The van der Waals surface area contributed by atoms with E-state index in [1.165, 1.54) is 36.1 Å². The first-order valence-electron chi connectivity index (χ1n) is 9.17. The second kappa shape index (κ2) is 7.68. The van der Waals surface area contributed by atoms with Gasteiger partial charge in [-0.25, -0.2) is 0 Å². The summed E-state index contributed by atoms with van der Waals surface area (Å²) in [6.45, 7) is 3.70. The van der Waals surface area contributed by atoms with Crippen molar-refractivity contribution < 1.29 is 9.72 Å². The zero-order valence-corrected chi connectivity index (χ0v) is 15.2. The molecule has 26 heavy (non-hydrogen) atoms. The molecule has 1 atom stereocenters. The van der Waals surface area contributed by atoms with Gasteiger partial charge in [-0.05, 0) is 67.9 Å². The van der Waals surface area contributed by atoms with Crippen molar-refractivity contribution in [3.8, 4) is 0 Å². The number of fused-ring (bicyclic) bond motifs is 1. The van der Waals surface area contributed by atoms with E-state index in [9.17, 15) is 14.9 Å². The zero-order chi connectivity index (χ0) is 18.7. The quantitative estimate of drug-likeness (QED) is 0.628. The summed E-state index contributed by atoms with van der Waals surface area (Å²) in [5, 5.41) is 14.0. The SMILES string of the molecule is CC[C@@H](NC(=O)c1ccc([N+](=O)[O-])c(C)c1)c1ccc2c(c1)CCCC2. The van der Waals surface area contributed by atoms with Crippen LogP contribution in [0.2, 0.25) is 0 Å². The molecule has 0 saturated carbocycles. The molecule has 0 heterocycles. The third-order valence-corrected chi connectivity index (χ3v) is 5.14. The number of aryl methyl sites for hydroxylation is 3. The van der Waals surface area contributed by atoms with Crippen LogP contribution in [0.3, 0.4) is 0 Å². The Morgan fingerprint density at radius 1 is 1.15 bits per heavy atom. The van der Waals surface area contributed by atoms with Crippen LogP contribution < -0.4 is 5.32 Å². The molecule has 136 valence electrons. The topological polar surface area (TPSA) is 72.2 Å². The highest BCUT2D eigenvalue weighted by Gasteiger charge is 2.18. The fourth-order valence-electron chi connectivity index (χ4n) is 3.63. The third-order valence-electron chi connectivity index (χ3n) is 5.14. The highest BCUT2D eigenvalue weighted by molar-refractivity contribution is 5.95. The Kier molecular flexibility index (Phi) is 5.35. The molecule has 0 unspecified atom stereocenters. The molecule has 1 aliphatic carbocycles. The molecule has 0 spiro atoms. The Hall–Kier alpha value is -2.69. The van der Waals surface area contributed by atoms with Crippen LogP contribution in [0.5, 0.6) is 0 Å². The van der Waals surface area contributed by atoms with Crippen molar-refractivity contribution in [2.45, 2.75) is 52.0 Å². The number of hydrogen-bond acceptors (Lipinski definition) is 3. The smallest absolute Gasteiger partial charge is 0.272 e. The lowest BCUT2D eigenvalue weighted by Crippen LogP contribution is -2.28. The summed E-state index contributed by atoms with van der Waals surface area (Å²) in [7, 11) is 0. The molecule has 1 N–H and O–H groups in total. The van der Waals surface area contributed by atoms with E-state index in [1.807, 2.05) is 6.92 Å². The molecule has 0 bridgehead atoms. The van der Waals surface area contributed by atoms with E-state index in [-0.39, 0.29) is 17.6 Å². The summed E-state index contributed by atoms with van der Waals surface area (Å²) in [5.41, 5.74) is 4.91. The fourth-order valence-corrected chi connectivity index (χ4v) is 3.63. The van der Waals surface area contributed by atoms with Crippen LogP contribution in [0.25, 0.3) is 0 Å². The fraction of sp³-hybridized carbons (Fsp3) is 0.381. The summed E-state index contributed by atoms with van der Waals surface area (Å²) >= 11 is 0. The standard InChI is InChI=1S/C21H24N2O3/c1-3-19(17-9-8-15-6-4-5-7-16(15)13-17)22-21(24)18-10-11-20(23(25)26)14(2)12-18/h8-13,19H,3-7H2,1-2H3,(H,22,24)/t19-/m1/s1. The lowest BCUT2D eigenvalue weighted by Gasteiger charge is -2.22. The molecular weight excluding hydrogens is 328 g/mol. The minimum Gasteiger partial charge on any atom is -0.345 e. The number of amides is 1. The summed E-state index contributed by atoms with van der Waals surface area (Å²) in [6.07, 6.45) is 5.51. The minimum atomic E-state index is -0.432. The molecule has 0 aliphatic heterocycles. The first-order chi connectivity index (χ1) is 12.5. The van der Waals surface area contributed by atoms with Gasteiger partial charge in [-0.3, -0.25) is 14.9 Å². The largest absolute Gasteiger partial charge is 0.345 e. The first-order valence-corrected chi connectivity index (χ1v) is 9.17. The van der Waals surface area contributed by atoms with Crippen LogP contribution in [0.15, 0.2) is 36.4 Å². The van der Waals surface area contributed by atoms with Crippen LogP contribution >= 0.6 is 0 Å². The van der Waals surface area contributed by atoms with Crippen molar-refractivity contribution >= 4 is 11.6 Å². The summed E-state index contributed by atoms with van der Waals surface area (Å²) in [4.78, 5) is 23.1. The Bertz CT molecular complexity index is 845. The zero-order valence-electron chi connectivity index (χ0n) is 15.2. The molecule has 3 rings (SSSR count). The summed E-state index contributed by atoms with van der Waals surface area (Å²) in [6, 6.07) is 10.9. The molecule has 2 aromatic rings. The molecule has 2 aromatic carbocycles. The van der Waals surface area contributed by atoms with Gasteiger partial charge in [0.25, 0.3) is 11.6 Å². The van der Waals surface area contributed by atoms with Crippen LogP contribution in [0, 0.1) is 17.0 Å².